The van der Waals surface area contributed by atoms with Gasteiger partial charge in [-0.05, 0) is 0 Å². The minimum absolute atomic E-state index is 0. The van der Waals surface area contributed by atoms with E-state index >= 15 is 0 Å². The van der Waals surface area contributed by atoms with Crippen LogP contribution in [-0.4, -0.2) is 64.8 Å². The number of imidazole rings is 1. The van der Waals surface area contributed by atoms with Crippen LogP contribution >= 0.6 is 7.82 Å². The van der Waals surface area contributed by atoms with E-state index in [1.54, 1.807) is 0 Å². The minimum Gasteiger partial charge on any atom is -0.756 e. The number of rotatable bonds is 5. The fourth-order valence-corrected chi connectivity index (χ4v) is 4.06. The largest absolute Gasteiger partial charge is 1.00 e. The van der Waals surface area contributed by atoms with Crippen LogP contribution in [0.15, 0.2) is 11.1 Å². The van der Waals surface area contributed by atoms with Crippen LogP contribution in [0.4, 0.5) is 5.95 Å². The Bertz CT molecular complexity index is 953. The number of H-pyrrole nitrogens is 1. The van der Waals surface area contributed by atoms with E-state index in [1.807, 2.05) is 0 Å². The molecule has 1 unspecified atom stereocenters. The summed E-state index contributed by atoms with van der Waals surface area (Å²) in [5.74, 6) is -0.0924. The number of aromatic amines is 1. The van der Waals surface area contributed by atoms with Gasteiger partial charge >= 0.3 is 29.6 Å². The number of nitrogen functional groups attached to an aromatic ring is 1. The number of hydrogen-bond donors (Lipinski definition) is 2. The quantitative estimate of drug-likeness (QED) is 0.268. The first-order valence-corrected chi connectivity index (χ1v) is 9.48. The van der Waals surface area contributed by atoms with Gasteiger partial charge in [-0.25, -0.2) is 4.98 Å². The molecule has 2 aromatic rings. The first-order chi connectivity index (χ1) is 12.9. The van der Waals surface area contributed by atoms with Crippen molar-refractivity contribution < 1.29 is 62.3 Å². The molecule has 0 amide bonds. The van der Waals surface area contributed by atoms with Crippen LogP contribution in [0, 0.1) is 0 Å². The molecule has 2 aliphatic heterocycles. The van der Waals surface area contributed by atoms with E-state index in [1.165, 1.54) is 18.0 Å². The van der Waals surface area contributed by atoms with Crippen molar-refractivity contribution in [3.63, 3.8) is 0 Å². The van der Waals surface area contributed by atoms with Gasteiger partial charge in [0.25, 0.3) is 13.4 Å². The number of phosphoric acid groups is 1. The van der Waals surface area contributed by atoms with Gasteiger partial charge < -0.3 is 33.9 Å². The third kappa shape index (κ3) is 4.05. The predicted octanol–water partition coefficient (Wildman–Crippen LogP) is -4.48. The number of hydrogen-bond acceptors (Lipinski definition) is 11. The normalized spacial score (nSPS) is 32.2. The Balaban J connectivity index is 0.00000225. The number of ether oxygens (including phenoxy) is 3. The fourth-order valence-electron chi connectivity index (χ4n) is 3.11. The fraction of sp³-hybridized carbons (Fsp3) is 0.615. The molecular formula is C13H17N5NaO8P. The van der Waals surface area contributed by atoms with E-state index < -0.39 is 37.9 Å². The van der Waals surface area contributed by atoms with Crippen molar-refractivity contribution in [3.8, 4) is 0 Å². The molecule has 15 heteroatoms. The van der Waals surface area contributed by atoms with Crippen LogP contribution in [0.5, 0.6) is 0 Å². The molecule has 2 fully saturated rings. The Morgan fingerprint density at radius 1 is 1.50 bits per heavy atom. The van der Waals surface area contributed by atoms with Crippen LogP contribution in [0.2, 0.25) is 0 Å². The summed E-state index contributed by atoms with van der Waals surface area (Å²) in [6, 6.07) is 0. The molecule has 148 valence electrons. The van der Waals surface area contributed by atoms with Crippen molar-refractivity contribution in [2.24, 2.45) is 0 Å². The molecule has 0 bridgehead atoms. The molecule has 3 N–H and O–H groups in total. The van der Waals surface area contributed by atoms with Crippen molar-refractivity contribution >= 4 is 24.9 Å². The van der Waals surface area contributed by atoms with Crippen molar-refractivity contribution in [1.82, 2.24) is 19.5 Å². The monoisotopic (exact) mass is 425 g/mol. The third-order valence-corrected chi connectivity index (χ3v) is 5.22. The molecule has 2 saturated heterocycles. The summed E-state index contributed by atoms with van der Waals surface area (Å²) in [6.45, 7) is 0.233. The Hall–Kier alpha value is -0.860. The second kappa shape index (κ2) is 8.48. The second-order valence-corrected chi connectivity index (χ2v) is 7.34. The van der Waals surface area contributed by atoms with Crippen LogP contribution in [0.25, 0.3) is 11.2 Å². The summed E-state index contributed by atoms with van der Waals surface area (Å²) in [4.78, 5) is 34.2. The minimum atomic E-state index is -4.46. The molecule has 0 spiro atoms. The van der Waals surface area contributed by atoms with Crippen LogP contribution in [0.3, 0.4) is 0 Å². The topological polar surface area (TPSA) is 176 Å². The smallest absolute Gasteiger partial charge is 0.756 e. The summed E-state index contributed by atoms with van der Waals surface area (Å²) in [5.41, 5.74) is 5.34. The van der Waals surface area contributed by atoms with Gasteiger partial charge in [0.15, 0.2) is 17.4 Å². The Morgan fingerprint density at radius 2 is 2.29 bits per heavy atom. The number of fused-ring (bicyclic) bond motifs is 2. The van der Waals surface area contributed by atoms with Crippen LogP contribution < -0.4 is 45.7 Å². The average Bonchev–Trinajstić information content (AvgIpc) is 3.16. The van der Waals surface area contributed by atoms with Crippen molar-refractivity contribution in [3.05, 3.63) is 16.7 Å². The zero-order valence-corrected chi connectivity index (χ0v) is 18.0. The molecule has 4 heterocycles. The van der Waals surface area contributed by atoms with Gasteiger partial charge in [-0.2, -0.15) is 4.98 Å². The molecule has 0 aliphatic carbocycles. The molecule has 4 rings (SSSR count). The first kappa shape index (κ1) is 21.8. The molecular weight excluding hydrogens is 408 g/mol. The molecule has 2 aliphatic rings. The molecule has 28 heavy (non-hydrogen) atoms. The van der Waals surface area contributed by atoms with Gasteiger partial charge in [0, 0.05) is 7.11 Å². The zero-order valence-electron chi connectivity index (χ0n) is 15.1. The molecule has 5 atom stereocenters. The summed E-state index contributed by atoms with van der Waals surface area (Å²) in [5, 5.41) is 0. The average molecular weight is 425 g/mol. The Labute approximate surface area is 180 Å². The Kier molecular flexibility index (Phi) is 6.61. The number of methoxy groups -OCH3 is 1. The maximum atomic E-state index is 12.0. The number of nitrogens with two attached hydrogens (primary N) is 1. The van der Waals surface area contributed by atoms with Crippen molar-refractivity contribution in [2.45, 2.75) is 24.5 Å². The van der Waals surface area contributed by atoms with Gasteiger partial charge in [0.2, 0.25) is 5.95 Å². The van der Waals surface area contributed by atoms with Crippen LogP contribution in [0.1, 0.15) is 6.23 Å². The summed E-state index contributed by atoms with van der Waals surface area (Å²) in [6.07, 6.45) is -1.98. The van der Waals surface area contributed by atoms with E-state index in [0.29, 0.717) is 0 Å². The number of nitrogens with one attached hydrogen (secondary N) is 1. The molecule has 2 aromatic heterocycles. The van der Waals surface area contributed by atoms with Gasteiger partial charge in [-0.1, -0.05) is 0 Å². The van der Waals surface area contributed by atoms with Crippen LogP contribution in [-0.2, 0) is 27.8 Å². The Morgan fingerprint density at radius 3 is 3.04 bits per heavy atom. The molecule has 0 aromatic carbocycles. The summed E-state index contributed by atoms with van der Waals surface area (Å²) in [7, 11) is -2.95. The summed E-state index contributed by atoms with van der Waals surface area (Å²) < 4.78 is 39.6. The molecule has 0 radical (unpaired) electrons. The SMILES string of the molecule is COCCO[C@@H]1[C@@H]2OP(=O)([O-])OC[C@H]2O[C@H]1n1cnc2c(=O)[nH]c(N)nc21.[Na+]. The van der Waals surface area contributed by atoms with Gasteiger partial charge in [-0.3, -0.25) is 18.9 Å². The number of nitrogens with zero attached hydrogens (tertiary/aromatic N) is 3. The maximum Gasteiger partial charge on any atom is 1.00 e. The standard InChI is InChI=1S/C13H18N5O8P.Na/c1-22-2-3-23-9-8-6(4-24-27(20,21)26-8)25-12(9)18-5-15-7-10(18)16-13(14)17-11(7)19;/h5-6,8-9,12H,2-4H2,1H3,(H,20,21)(H3,14,16,17,19);/q;+1/p-1/t6-,8-,9-,12-;/m1./s1. The third-order valence-electron chi connectivity index (χ3n) is 4.26. The van der Waals surface area contributed by atoms with E-state index in [9.17, 15) is 14.3 Å². The van der Waals surface area contributed by atoms with Gasteiger partial charge in [-0.15, -0.1) is 0 Å². The van der Waals surface area contributed by atoms with E-state index in [4.69, 9.17) is 29.0 Å². The maximum absolute atomic E-state index is 12.0. The number of aromatic nitrogens is 4. The van der Waals surface area contributed by atoms with Crippen molar-refractivity contribution in [2.75, 3.05) is 32.7 Å². The first-order valence-electron chi connectivity index (χ1n) is 8.02. The van der Waals surface area contributed by atoms with Crippen molar-refractivity contribution in [1.29, 1.82) is 0 Å². The van der Waals surface area contributed by atoms with E-state index in [2.05, 4.69) is 15.0 Å². The van der Waals surface area contributed by atoms with Gasteiger partial charge in [0.1, 0.15) is 18.3 Å². The second-order valence-electron chi connectivity index (χ2n) is 5.98. The predicted molar refractivity (Wildman–Crippen MR) is 86.5 cm³/mol. The number of phosphoric ester groups is 1. The molecule has 13 nitrogen and oxygen atoms in total. The zero-order chi connectivity index (χ0) is 19.2. The number of anilines is 1. The van der Waals surface area contributed by atoms with Gasteiger partial charge in [0.05, 0.1) is 26.1 Å². The van der Waals surface area contributed by atoms with E-state index in [-0.39, 0.29) is 66.5 Å². The van der Waals surface area contributed by atoms with E-state index in [0.717, 1.165) is 0 Å². The summed E-state index contributed by atoms with van der Waals surface area (Å²) >= 11 is 0. The molecule has 0 saturated carbocycles.